The van der Waals surface area contributed by atoms with Crippen molar-refractivity contribution in [1.29, 1.82) is 0 Å². The van der Waals surface area contributed by atoms with Crippen molar-refractivity contribution in [2.75, 3.05) is 25.4 Å². The molecule has 1 amide bonds. The van der Waals surface area contributed by atoms with Crippen LogP contribution < -0.4 is 11.1 Å². The number of carbonyl (C=O) groups excluding carboxylic acids is 1. The molecule has 1 aromatic rings. The van der Waals surface area contributed by atoms with Crippen molar-refractivity contribution in [3.05, 3.63) is 17.5 Å². The minimum atomic E-state index is -0.148. The van der Waals surface area contributed by atoms with Crippen molar-refractivity contribution in [3.8, 4) is 0 Å². The second kappa shape index (κ2) is 7.47. The number of nitrogen functional groups attached to an aromatic ring is 1. The lowest BCUT2D eigenvalue weighted by Crippen LogP contribution is -2.34. The highest BCUT2D eigenvalue weighted by Crippen LogP contribution is 2.28. The molecule has 1 aliphatic carbocycles. The van der Waals surface area contributed by atoms with Crippen LogP contribution in [-0.4, -0.2) is 46.5 Å². The summed E-state index contributed by atoms with van der Waals surface area (Å²) in [6.07, 6.45) is 6.60. The van der Waals surface area contributed by atoms with Gasteiger partial charge in [0.1, 0.15) is 5.69 Å². The molecule has 1 saturated carbocycles. The Morgan fingerprint density at radius 1 is 1.33 bits per heavy atom. The third kappa shape index (κ3) is 4.04. The normalized spacial score (nSPS) is 22.4. The highest BCUT2D eigenvalue weighted by Gasteiger charge is 2.30. The number of amides is 1. The first-order valence-electron chi connectivity index (χ1n) is 9.19. The summed E-state index contributed by atoms with van der Waals surface area (Å²) < 4.78 is 0. The predicted molar refractivity (Wildman–Crippen MR) is 94.8 cm³/mol. The Morgan fingerprint density at radius 3 is 2.79 bits per heavy atom. The van der Waals surface area contributed by atoms with E-state index in [1.54, 1.807) is 6.07 Å². The van der Waals surface area contributed by atoms with Gasteiger partial charge < -0.3 is 16.0 Å². The summed E-state index contributed by atoms with van der Waals surface area (Å²) in [4.78, 5) is 23.3. The molecule has 24 heavy (non-hydrogen) atoms. The molecule has 3 N–H and O–H groups in total. The Hall–Kier alpha value is -1.69. The Balaban J connectivity index is 1.52. The van der Waals surface area contributed by atoms with E-state index in [2.05, 4.69) is 20.2 Å². The van der Waals surface area contributed by atoms with Crippen molar-refractivity contribution in [1.82, 2.24) is 20.2 Å². The summed E-state index contributed by atoms with van der Waals surface area (Å²) in [7, 11) is 0. The van der Waals surface area contributed by atoms with Gasteiger partial charge in [-0.1, -0.05) is 26.7 Å². The average Bonchev–Trinajstić information content (AvgIpc) is 3.23. The van der Waals surface area contributed by atoms with Crippen LogP contribution in [0.4, 0.5) is 5.95 Å². The molecule has 1 saturated heterocycles. The van der Waals surface area contributed by atoms with Gasteiger partial charge in [0, 0.05) is 24.8 Å². The van der Waals surface area contributed by atoms with E-state index < -0.39 is 0 Å². The van der Waals surface area contributed by atoms with Crippen LogP contribution in [0.1, 0.15) is 68.1 Å². The van der Waals surface area contributed by atoms with Crippen LogP contribution in [0.25, 0.3) is 0 Å². The molecule has 1 aromatic heterocycles. The SMILES string of the molecule is CC(C)c1cc(C(=O)NCC2CCN(C3CCCC3)C2)nc(N)n1. The molecule has 0 spiro atoms. The van der Waals surface area contributed by atoms with Crippen LogP contribution >= 0.6 is 0 Å². The van der Waals surface area contributed by atoms with Gasteiger partial charge in [0.2, 0.25) is 5.95 Å². The minimum absolute atomic E-state index is 0.148. The summed E-state index contributed by atoms with van der Waals surface area (Å²) in [5, 5.41) is 3.03. The van der Waals surface area contributed by atoms with Crippen LogP contribution in [0.3, 0.4) is 0 Å². The molecule has 1 aliphatic heterocycles. The second-order valence-electron chi connectivity index (χ2n) is 7.49. The standard InChI is InChI=1S/C18H29N5O/c1-12(2)15-9-16(22-18(19)21-15)17(24)20-10-13-7-8-23(11-13)14-5-3-4-6-14/h9,12-14H,3-8,10-11H2,1-2H3,(H,20,24)(H2,19,21,22). The molecule has 132 valence electrons. The van der Waals surface area contributed by atoms with Crippen LogP contribution in [-0.2, 0) is 0 Å². The number of nitrogens with zero attached hydrogens (tertiary/aromatic N) is 3. The first-order valence-corrected chi connectivity index (χ1v) is 9.19. The summed E-state index contributed by atoms with van der Waals surface area (Å²) in [5.41, 5.74) is 6.91. The Morgan fingerprint density at radius 2 is 2.08 bits per heavy atom. The zero-order valence-corrected chi connectivity index (χ0v) is 14.8. The van der Waals surface area contributed by atoms with E-state index in [0.29, 0.717) is 18.2 Å². The van der Waals surface area contributed by atoms with Gasteiger partial charge in [0.25, 0.3) is 5.91 Å². The molecule has 6 nitrogen and oxygen atoms in total. The van der Waals surface area contributed by atoms with Crippen molar-refractivity contribution < 1.29 is 4.79 Å². The van der Waals surface area contributed by atoms with E-state index in [9.17, 15) is 4.79 Å². The molecule has 0 radical (unpaired) electrons. The van der Waals surface area contributed by atoms with Gasteiger partial charge in [-0.05, 0) is 43.7 Å². The predicted octanol–water partition coefficient (Wildman–Crippen LogP) is 2.18. The smallest absolute Gasteiger partial charge is 0.270 e. The fourth-order valence-electron chi connectivity index (χ4n) is 3.86. The zero-order valence-electron chi connectivity index (χ0n) is 14.8. The van der Waals surface area contributed by atoms with E-state index in [4.69, 9.17) is 5.73 Å². The fourth-order valence-corrected chi connectivity index (χ4v) is 3.86. The maximum absolute atomic E-state index is 12.4. The van der Waals surface area contributed by atoms with Gasteiger partial charge in [-0.3, -0.25) is 4.79 Å². The van der Waals surface area contributed by atoms with Gasteiger partial charge in [0.15, 0.2) is 0 Å². The quantitative estimate of drug-likeness (QED) is 0.864. The highest BCUT2D eigenvalue weighted by molar-refractivity contribution is 5.92. The van der Waals surface area contributed by atoms with Gasteiger partial charge in [-0.2, -0.15) is 0 Å². The molecule has 2 aliphatic rings. The van der Waals surface area contributed by atoms with Crippen molar-refractivity contribution in [2.45, 2.75) is 57.9 Å². The van der Waals surface area contributed by atoms with E-state index in [0.717, 1.165) is 18.3 Å². The first kappa shape index (κ1) is 17.1. The van der Waals surface area contributed by atoms with Crippen LogP contribution in [0.15, 0.2) is 6.07 Å². The Kier molecular flexibility index (Phi) is 5.33. The summed E-state index contributed by atoms with van der Waals surface area (Å²) in [6, 6.07) is 2.52. The van der Waals surface area contributed by atoms with E-state index in [-0.39, 0.29) is 17.8 Å². The molecule has 1 unspecified atom stereocenters. The van der Waals surface area contributed by atoms with E-state index in [1.807, 2.05) is 13.8 Å². The Labute approximate surface area is 144 Å². The molecule has 1 atom stereocenters. The lowest BCUT2D eigenvalue weighted by molar-refractivity contribution is 0.0941. The lowest BCUT2D eigenvalue weighted by Gasteiger charge is -2.23. The molecule has 2 heterocycles. The number of hydrogen-bond acceptors (Lipinski definition) is 5. The fraction of sp³-hybridized carbons (Fsp3) is 0.722. The van der Waals surface area contributed by atoms with Gasteiger partial charge in [-0.15, -0.1) is 0 Å². The van der Waals surface area contributed by atoms with Crippen LogP contribution in [0, 0.1) is 5.92 Å². The summed E-state index contributed by atoms with van der Waals surface area (Å²) in [5.74, 6) is 0.778. The zero-order chi connectivity index (χ0) is 17.1. The molecule has 0 bridgehead atoms. The first-order chi connectivity index (χ1) is 11.5. The molecule has 2 fully saturated rings. The minimum Gasteiger partial charge on any atom is -0.368 e. The summed E-state index contributed by atoms with van der Waals surface area (Å²) in [6.45, 7) is 7.04. The molecule has 0 aromatic carbocycles. The number of nitrogens with one attached hydrogen (secondary N) is 1. The third-order valence-electron chi connectivity index (χ3n) is 5.30. The largest absolute Gasteiger partial charge is 0.368 e. The van der Waals surface area contributed by atoms with E-state index >= 15 is 0 Å². The number of nitrogens with two attached hydrogens (primary N) is 1. The highest BCUT2D eigenvalue weighted by atomic mass is 16.1. The third-order valence-corrected chi connectivity index (χ3v) is 5.30. The lowest BCUT2D eigenvalue weighted by atomic mass is 10.1. The van der Waals surface area contributed by atoms with Crippen LogP contribution in [0.2, 0.25) is 0 Å². The number of carbonyl (C=O) groups is 1. The number of aromatic nitrogens is 2. The maximum atomic E-state index is 12.4. The number of hydrogen-bond donors (Lipinski definition) is 2. The van der Waals surface area contributed by atoms with Crippen molar-refractivity contribution in [2.24, 2.45) is 5.92 Å². The topological polar surface area (TPSA) is 84.1 Å². The van der Waals surface area contributed by atoms with Gasteiger partial charge in [0.05, 0.1) is 0 Å². The molecule has 6 heteroatoms. The number of likely N-dealkylation sites (tertiary alicyclic amines) is 1. The average molecular weight is 331 g/mol. The second-order valence-corrected chi connectivity index (χ2v) is 7.49. The van der Waals surface area contributed by atoms with Gasteiger partial charge in [-0.25, -0.2) is 9.97 Å². The summed E-state index contributed by atoms with van der Waals surface area (Å²) >= 11 is 0. The van der Waals surface area contributed by atoms with Crippen molar-refractivity contribution >= 4 is 11.9 Å². The molecule has 3 rings (SSSR count). The number of anilines is 1. The Bertz CT molecular complexity index is 583. The van der Waals surface area contributed by atoms with Crippen molar-refractivity contribution in [3.63, 3.8) is 0 Å². The monoisotopic (exact) mass is 331 g/mol. The number of rotatable bonds is 5. The van der Waals surface area contributed by atoms with Gasteiger partial charge >= 0.3 is 0 Å². The van der Waals surface area contributed by atoms with Crippen LogP contribution in [0.5, 0.6) is 0 Å². The molecular weight excluding hydrogens is 302 g/mol. The maximum Gasteiger partial charge on any atom is 0.270 e. The molecular formula is C18H29N5O. The van der Waals surface area contributed by atoms with E-state index in [1.165, 1.54) is 38.6 Å².